The number of carbonyl (C=O) groups excluding carboxylic acids is 1. The molecule has 1 aromatic carbocycles. The van der Waals surface area contributed by atoms with Crippen LogP contribution in [0.25, 0.3) is 5.57 Å². The maximum absolute atomic E-state index is 10.8. The van der Waals surface area contributed by atoms with Gasteiger partial charge >= 0.3 is 0 Å². The normalized spacial score (nSPS) is 16.2. The second kappa shape index (κ2) is 5.31. The van der Waals surface area contributed by atoms with Gasteiger partial charge in [-0.3, -0.25) is 0 Å². The highest BCUT2D eigenvalue weighted by Gasteiger charge is 2.28. The van der Waals surface area contributed by atoms with Gasteiger partial charge < -0.3 is 14.3 Å². The van der Waals surface area contributed by atoms with Crippen LogP contribution in [-0.2, 0) is 11.2 Å². The van der Waals surface area contributed by atoms with Crippen molar-refractivity contribution in [3.05, 3.63) is 29.3 Å². The van der Waals surface area contributed by atoms with Gasteiger partial charge in [-0.05, 0) is 37.5 Å². The van der Waals surface area contributed by atoms with Gasteiger partial charge in [0.15, 0.2) is 0 Å². The summed E-state index contributed by atoms with van der Waals surface area (Å²) in [6.45, 7) is 8.43. The summed E-state index contributed by atoms with van der Waals surface area (Å²) in [5.41, 5.74) is 2.89. The molecular formula is C17H22O3. The molecule has 20 heavy (non-hydrogen) atoms. The third kappa shape index (κ3) is 2.72. The van der Waals surface area contributed by atoms with Gasteiger partial charge in [-0.1, -0.05) is 13.8 Å². The first-order valence-electron chi connectivity index (χ1n) is 6.94. The molecule has 1 heterocycles. The number of fused-ring (bicyclic) bond motifs is 1. The van der Waals surface area contributed by atoms with Gasteiger partial charge in [0, 0.05) is 23.6 Å². The van der Waals surface area contributed by atoms with Gasteiger partial charge in [-0.2, -0.15) is 0 Å². The van der Waals surface area contributed by atoms with Crippen molar-refractivity contribution in [2.75, 3.05) is 7.11 Å². The van der Waals surface area contributed by atoms with Gasteiger partial charge in [0.05, 0.1) is 7.11 Å². The van der Waals surface area contributed by atoms with Crippen LogP contribution in [0.2, 0.25) is 0 Å². The first-order chi connectivity index (χ1) is 9.38. The van der Waals surface area contributed by atoms with E-state index in [1.54, 1.807) is 7.11 Å². The smallest absolute Gasteiger partial charge is 0.131 e. The van der Waals surface area contributed by atoms with Crippen LogP contribution in [0.15, 0.2) is 18.2 Å². The summed E-state index contributed by atoms with van der Waals surface area (Å²) >= 11 is 0. The van der Waals surface area contributed by atoms with Crippen LogP contribution in [0.4, 0.5) is 0 Å². The fourth-order valence-electron chi connectivity index (χ4n) is 2.60. The molecule has 3 nitrogen and oxygen atoms in total. The highest BCUT2D eigenvalue weighted by molar-refractivity contribution is 5.77. The molecule has 0 bridgehead atoms. The Morgan fingerprint density at radius 3 is 2.60 bits per heavy atom. The molecule has 0 amide bonds. The van der Waals surface area contributed by atoms with Crippen LogP contribution in [0.5, 0.6) is 11.5 Å². The summed E-state index contributed by atoms with van der Waals surface area (Å²) < 4.78 is 11.4. The quantitative estimate of drug-likeness (QED) is 0.786. The minimum atomic E-state index is -0.330. The van der Waals surface area contributed by atoms with E-state index in [0.717, 1.165) is 23.2 Å². The molecule has 108 valence electrons. The fourth-order valence-corrected chi connectivity index (χ4v) is 2.60. The van der Waals surface area contributed by atoms with Crippen LogP contribution in [0.1, 0.15) is 38.8 Å². The van der Waals surface area contributed by atoms with Gasteiger partial charge in [-0.25, -0.2) is 0 Å². The zero-order chi connectivity index (χ0) is 14.9. The summed E-state index contributed by atoms with van der Waals surface area (Å²) in [5.74, 6) is 1.93. The van der Waals surface area contributed by atoms with Crippen molar-refractivity contribution in [3.8, 4) is 11.5 Å². The lowest BCUT2D eigenvalue weighted by molar-refractivity contribution is -0.107. The Hall–Kier alpha value is -1.77. The average Bonchev–Trinajstić information content (AvgIpc) is 2.37. The topological polar surface area (TPSA) is 35.5 Å². The van der Waals surface area contributed by atoms with E-state index in [1.807, 2.05) is 26.0 Å². The van der Waals surface area contributed by atoms with Gasteiger partial charge in [0.2, 0.25) is 0 Å². The molecule has 0 radical (unpaired) electrons. The Labute approximate surface area is 120 Å². The number of hydrogen-bond donors (Lipinski definition) is 0. The lowest BCUT2D eigenvalue weighted by atomic mass is 9.87. The largest absolute Gasteiger partial charge is 0.496 e. The van der Waals surface area contributed by atoms with Crippen molar-refractivity contribution in [3.63, 3.8) is 0 Å². The number of aldehydes is 1. The minimum Gasteiger partial charge on any atom is -0.496 e. The van der Waals surface area contributed by atoms with Crippen molar-refractivity contribution in [1.82, 2.24) is 0 Å². The van der Waals surface area contributed by atoms with Crippen molar-refractivity contribution >= 4 is 11.9 Å². The van der Waals surface area contributed by atoms with Crippen LogP contribution in [-0.4, -0.2) is 19.0 Å². The first kappa shape index (κ1) is 14.6. The van der Waals surface area contributed by atoms with E-state index < -0.39 is 0 Å². The molecule has 0 saturated carbocycles. The highest BCUT2D eigenvalue weighted by Crippen LogP contribution is 2.42. The van der Waals surface area contributed by atoms with Gasteiger partial charge in [-0.15, -0.1) is 0 Å². The Kier molecular flexibility index (Phi) is 3.89. The Bertz CT molecular complexity index is 554. The van der Waals surface area contributed by atoms with Gasteiger partial charge in [0.25, 0.3) is 0 Å². The zero-order valence-electron chi connectivity index (χ0n) is 12.8. The maximum atomic E-state index is 10.8. The molecule has 0 atom stereocenters. The monoisotopic (exact) mass is 274 g/mol. The number of carbonyl (C=O) groups is 1. The van der Waals surface area contributed by atoms with E-state index in [0.29, 0.717) is 18.1 Å². The van der Waals surface area contributed by atoms with E-state index in [9.17, 15) is 4.79 Å². The molecule has 0 spiro atoms. The third-order valence-electron chi connectivity index (χ3n) is 3.49. The predicted octanol–water partition coefficient (Wildman–Crippen LogP) is 3.65. The van der Waals surface area contributed by atoms with Crippen LogP contribution in [0, 0.1) is 5.92 Å². The molecule has 0 fully saturated rings. The lowest BCUT2D eigenvalue weighted by Crippen LogP contribution is -2.29. The number of methoxy groups -OCH3 is 1. The predicted molar refractivity (Wildman–Crippen MR) is 80.3 cm³/mol. The van der Waals surface area contributed by atoms with E-state index in [1.165, 1.54) is 5.57 Å². The molecule has 3 heteroatoms. The molecular weight excluding hydrogens is 252 g/mol. The second-order valence-corrected chi connectivity index (χ2v) is 5.99. The summed E-state index contributed by atoms with van der Waals surface area (Å²) in [6, 6.07) is 3.91. The number of ether oxygens (including phenoxy) is 2. The molecule has 0 saturated heterocycles. The average molecular weight is 274 g/mol. The number of allylic oxidation sites excluding steroid dienone is 1. The van der Waals surface area contributed by atoms with Crippen LogP contribution < -0.4 is 9.47 Å². The number of hydrogen-bond acceptors (Lipinski definition) is 3. The summed E-state index contributed by atoms with van der Waals surface area (Å²) in [7, 11) is 1.61. The molecule has 0 unspecified atom stereocenters. The minimum absolute atomic E-state index is 0.330. The van der Waals surface area contributed by atoms with Crippen molar-refractivity contribution in [2.45, 2.75) is 39.7 Å². The lowest BCUT2D eigenvalue weighted by Gasteiger charge is -2.33. The number of rotatable bonds is 4. The van der Waals surface area contributed by atoms with Crippen molar-refractivity contribution in [1.29, 1.82) is 0 Å². The summed E-state index contributed by atoms with van der Waals surface area (Å²) in [6.07, 6.45) is 3.42. The van der Waals surface area contributed by atoms with Gasteiger partial charge in [0.1, 0.15) is 23.4 Å². The number of benzene rings is 1. The Morgan fingerprint density at radius 2 is 2.05 bits per heavy atom. The fraction of sp³-hybridized carbons (Fsp3) is 0.471. The molecule has 1 aliphatic rings. The molecule has 1 aliphatic heterocycles. The summed E-state index contributed by atoms with van der Waals surface area (Å²) in [5, 5.41) is 0. The van der Waals surface area contributed by atoms with Crippen molar-refractivity contribution in [2.24, 2.45) is 5.92 Å². The second-order valence-electron chi connectivity index (χ2n) is 5.99. The molecule has 0 aliphatic carbocycles. The third-order valence-corrected chi connectivity index (χ3v) is 3.49. The zero-order valence-corrected chi connectivity index (χ0v) is 12.8. The standard InChI is InChI=1S/C17H22O3/c1-11(2)14-10-17(3,4)20-16-9-15(19-5)12(6-7-18)8-13(14)16/h7-11H,6H2,1-5H3. The van der Waals surface area contributed by atoms with E-state index in [-0.39, 0.29) is 5.60 Å². The van der Waals surface area contributed by atoms with E-state index in [2.05, 4.69) is 19.9 Å². The molecule has 1 aromatic rings. The van der Waals surface area contributed by atoms with E-state index >= 15 is 0 Å². The Balaban J connectivity index is 2.61. The Morgan fingerprint density at radius 1 is 1.35 bits per heavy atom. The SMILES string of the molecule is COc1cc2c(cc1CC=O)C(C(C)C)=CC(C)(C)O2. The summed E-state index contributed by atoms with van der Waals surface area (Å²) in [4.78, 5) is 10.8. The highest BCUT2D eigenvalue weighted by atomic mass is 16.5. The molecule has 0 N–H and O–H groups in total. The van der Waals surface area contributed by atoms with Crippen LogP contribution in [0.3, 0.4) is 0 Å². The van der Waals surface area contributed by atoms with Crippen molar-refractivity contribution < 1.29 is 14.3 Å². The molecule has 0 aromatic heterocycles. The van der Waals surface area contributed by atoms with E-state index in [4.69, 9.17) is 9.47 Å². The molecule has 2 rings (SSSR count). The first-order valence-corrected chi connectivity index (χ1v) is 6.94. The maximum Gasteiger partial charge on any atom is 0.131 e. The van der Waals surface area contributed by atoms with Crippen LogP contribution >= 0.6 is 0 Å².